The van der Waals surface area contributed by atoms with Crippen LogP contribution in [0.5, 0.6) is 0 Å². The molecule has 199 valence electrons. The number of methoxy groups -OCH3 is 1. The number of fused-ring (bicyclic) bond motifs is 4. The molecule has 0 radical (unpaired) electrons. The summed E-state index contributed by atoms with van der Waals surface area (Å²) in [5.74, 6) is 0.0712. The van der Waals surface area contributed by atoms with Crippen molar-refractivity contribution in [1.82, 2.24) is 4.98 Å². The normalized spacial score (nSPS) is 27.6. The van der Waals surface area contributed by atoms with E-state index in [2.05, 4.69) is 12.1 Å². The van der Waals surface area contributed by atoms with Gasteiger partial charge in [-0.3, -0.25) is 9.78 Å². The molecule has 3 aliphatic rings. The van der Waals surface area contributed by atoms with Crippen molar-refractivity contribution < 1.29 is 22.7 Å². The summed E-state index contributed by atoms with van der Waals surface area (Å²) in [5.41, 5.74) is 1.91. The minimum atomic E-state index is -0.221. The molecule has 0 amide bonds. The van der Waals surface area contributed by atoms with Crippen molar-refractivity contribution in [3.63, 3.8) is 0 Å². The number of nitrogens with zero attached hydrogens (tertiary/aromatic N) is 5. The van der Waals surface area contributed by atoms with E-state index in [-0.39, 0.29) is 31.2 Å². The molecule has 0 saturated heterocycles. The first-order valence-electron chi connectivity index (χ1n) is 12.4. The number of carbonyl (C=O) groups is 1. The van der Waals surface area contributed by atoms with Crippen LogP contribution in [0.4, 0.5) is 0 Å². The third kappa shape index (κ3) is 10.3. The van der Waals surface area contributed by atoms with Crippen LogP contribution in [0.25, 0.3) is 21.3 Å². The first-order valence-corrected chi connectivity index (χ1v) is 16.6. The van der Waals surface area contributed by atoms with Gasteiger partial charge in [0.25, 0.3) is 0 Å². The number of aromatic nitrogens is 1. The molecule has 1 aromatic rings. The number of hydrogen-bond donors (Lipinski definition) is 0. The molecule has 11 heteroatoms. The maximum absolute atomic E-state index is 11.6. The van der Waals surface area contributed by atoms with E-state index in [9.17, 15) is 4.79 Å². The van der Waals surface area contributed by atoms with E-state index in [1.54, 1.807) is 0 Å². The summed E-state index contributed by atoms with van der Waals surface area (Å²) >= 11 is 1.50. The van der Waals surface area contributed by atoms with Crippen LogP contribution in [0.3, 0.4) is 0 Å². The van der Waals surface area contributed by atoms with E-state index in [4.69, 9.17) is 51.2 Å². The Morgan fingerprint density at radius 1 is 0.914 bits per heavy atom. The van der Waals surface area contributed by atoms with Gasteiger partial charge in [0.2, 0.25) is 0 Å². The third-order valence-electron chi connectivity index (χ3n) is 6.68. The van der Waals surface area contributed by atoms with Crippen molar-refractivity contribution in [3.8, 4) is 0 Å². The van der Waals surface area contributed by atoms with Gasteiger partial charge in [0.1, 0.15) is 0 Å². The summed E-state index contributed by atoms with van der Waals surface area (Å²) < 4.78 is 4.81. The Bertz CT molecular complexity index is 733. The summed E-state index contributed by atoms with van der Waals surface area (Å²) in [4.78, 5) is 17.6. The van der Waals surface area contributed by atoms with Crippen molar-refractivity contribution in [2.45, 2.75) is 93.5 Å². The van der Waals surface area contributed by atoms with Gasteiger partial charge in [-0.1, -0.05) is 51.4 Å². The summed E-state index contributed by atoms with van der Waals surface area (Å²) in [6, 6.07) is 5.30. The molecule has 4 rings (SSSR count). The average molecular weight is 583 g/mol. The first-order chi connectivity index (χ1) is 17.1. The van der Waals surface area contributed by atoms with Gasteiger partial charge in [-0.15, -0.1) is 24.9 Å². The fraction of sp³-hybridized carbons (Fsp3) is 0.750. The number of esters is 1. The Morgan fingerprint density at radius 3 is 1.77 bits per heavy atom. The number of rotatable bonds is 3. The predicted octanol–water partition coefficient (Wildman–Crippen LogP) is 6.85. The number of pyridine rings is 1. The zero-order valence-corrected chi connectivity index (χ0v) is 23.8. The Kier molecular flexibility index (Phi) is 14.1. The Labute approximate surface area is 229 Å². The molecule has 0 spiro atoms. The van der Waals surface area contributed by atoms with Crippen LogP contribution in [0.1, 0.15) is 62.8 Å². The molecule has 2 fully saturated rings. The maximum atomic E-state index is 11.6. The summed E-state index contributed by atoms with van der Waals surface area (Å²) in [7, 11) is 11.0. The molecule has 2 saturated carbocycles. The van der Waals surface area contributed by atoms with Crippen molar-refractivity contribution >= 4 is 37.9 Å². The molecule has 2 aliphatic carbocycles. The number of carbonyl (C=O) groups excluding carboxylic acids is 1. The summed E-state index contributed by atoms with van der Waals surface area (Å²) in [6.45, 7) is 2.79. The van der Waals surface area contributed by atoms with Crippen molar-refractivity contribution in [2.75, 3.05) is 26.0 Å². The zero-order chi connectivity index (χ0) is 24.9. The number of ether oxygens (including phenoxy) is 1. The average Bonchev–Trinajstić information content (AvgIpc) is 2.88. The van der Waals surface area contributed by atoms with E-state index in [1.165, 1.54) is 44.6 Å². The number of hydrogen-bond acceptors (Lipinski definition) is 4. The molecule has 0 N–H and O–H groups in total. The van der Waals surface area contributed by atoms with Crippen molar-refractivity contribution in [1.29, 1.82) is 0 Å². The van der Waals surface area contributed by atoms with E-state index in [0.717, 1.165) is 55.1 Å². The van der Waals surface area contributed by atoms with Crippen LogP contribution in [0.15, 0.2) is 17.0 Å². The molecule has 4 atom stereocenters. The standard InChI is InChI=1S/C24H35N5O2S.2ClH.Mn/c1-31-24(30)16-32-19-12-17-14-27-22-8-4-2-6-20(22)25-10-11-26-21-7-3-5-9-23(21)28-15-18(13-19)29-17;;;/h12-13,20-23H,2-11,14-16H2,1H3;2*1H;/q-4;;;+2/p-2/t20-,21?,22-,23?;;;/m1.../s1. The first kappa shape index (κ1) is 29.5. The summed E-state index contributed by atoms with van der Waals surface area (Å²) in [6.07, 6.45) is 9.39. The van der Waals surface area contributed by atoms with Crippen LogP contribution < -0.4 is 0 Å². The van der Waals surface area contributed by atoms with E-state index in [1.807, 2.05) is 0 Å². The second-order valence-corrected chi connectivity index (χ2v) is 12.0. The molecule has 2 bridgehead atoms. The second-order valence-electron chi connectivity index (χ2n) is 9.04. The topological polar surface area (TPSA) is 95.6 Å². The third-order valence-corrected chi connectivity index (χ3v) is 7.63. The van der Waals surface area contributed by atoms with Gasteiger partial charge in [0, 0.05) is 16.3 Å². The number of thioether (sulfide) groups is 1. The SMILES string of the molecule is COC(=O)CSc1cc2nc(c1)C[N-][C@@H]1CCCC[C@H]1[N-]CC[N-]C1CCCCC1[N-]C2.[Cl][Mn][Cl]. The van der Waals surface area contributed by atoms with E-state index in [0.29, 0.717) is 30.9 Å². The summed E-state index contributed by atoms with van der Waals surface area (Å²) in [5, 5.41) is 20.1. The van der Waals surface area contributed by atoms with Crippen molar-refractivity contribution in [2.24, 2.45) is 0 Å². The van der Waals surface area contributed by atoms with E-state index < -0.39 is 0 Å². The van der Waals surface area contributed by atoms with Crippen LogP contribution in [0, 0.1) is 0 Å². The van der Waals surface area contributed by atoms with Gasteiger partial charge in [0.15, 0.2) is 0 Å². The minimum absolute atomic E-state index is 0.00694. The van der Waals surface area contributed by atoms with Gasteiger partial charge in [-0.05, 0) is 12.1 Å². The Morgan fingerprint density at radius 2 is 1.34 bits per heavy atom. The van der Waals surface area contributed by atoms with Gasteiger partial charge in [-0.2, -0.15) is 37.3 Å². The molecule has 1 aliphatic heterocycles. The van der Waals surface area contributed by atoms with Crippen LogP contribution in [-0.4, -0.2) is 61.1 Å². The van der Waals surface area contributed by atoms with Gasteiger partial charge < -0.3 is 26.0 Å². The zero-order valence-electron chi connectivity index (χ0n) is 20.3. The van der Waals surface area contributed by atoms with Crippen LogP contribution in [0.2, 0.25) is 0 Å². The van der Waals surface area contributed by atoms with E-state index >= 15 is 0 Å². The fourth-order valence-corrected chi connectivity index (χ4v) is 5.81. The van der Waals surface area contributed by atoms with Crippen LogP contribution in [-0.2, 0) is 35.8 Å². The monoisotopic (exact) mass is 582 g/mol. The fourth-order valence-electron chi connectivity index (χ4n) is 4.97. The molecule has 2 heterocycles. The second kappa shape index (κ2) is 16.7. The molecule has 0 aromatic carbocycles. The molecule has 2 unspecified atom stereocenters. The van der Waals surface area contributed by atoms with Gasteiger partial charge >= 0.3 is 39.3 Å². The predicted molar refractivity (Wildman–Crippen MR) is 141 cm³/mol. The Hall–Kier alpha value is -0.0905. The molecule has 7 nitrogen and oxygen atoms in total. The number of halogens is 2. The van der Waals surface area contributed by atoms with Gasteiger partial charge in [-0.25, -0.2) is 0 Å². The van der Waals surface area contributed by atoms with Crippen LogP contribution >= 0.6 is 32.0 Å². The quantitative estimate of drug-likeness (QED) is 0.221. The molecule has 35 heavy (non-hydrogen) atoms. The Balaban J connectivity index is 0.00000108. The van der Waals surface area contributed by atoms with Gasteiger partial charge in [0.05, 0.1) is 12.9 Å². The molecular weight excluding hydrogens is 548 g/mol. The molecular formula is C24H35Cl2MnN5O2S-4. The van der Waals surface area contributed by atoms with Crippen molar-refractivity contribution in [3.05, 3.63) is 44.8 Å². The molecule has 1 aromatic heterocycles.